The highest BCUT2D eigenvalue weighted by molar-refractivity contribution is 5.87. The molecule has 0 unspecified atom stereocenters. The fourth-order valence-corrected chi connectivity index (χ4v) is 3.41. The minimum absolute atomic E-state index is 0.110. The van der Waals surface area contributed by atoms with Gasteiger partial charge in [-0.2, -0.15) is 0 Å². The van der Waals surface area contributed by atoms with Gasteiger partial charge in [-0.1, -0.05) is 79.8 Å². The summed E-state index contributed by atoms with van der Waals surface area (Å²) in [6, 6.07) is -0.523. The van der Waals surface area contributed by atoms with Crippen molar-refractivity contribution in [3.63, 3.8) is 0 Å². The molecule has 210 valence electrons. The normalized spacial score (nSPS) is 13.0. The summed E-state index contributed by atoms with van der Waals surface area (Å²) < 4.78 is 0. The van der Waals surface area contributed by atoms with Crippen LogP contribution in [0.1, 0.15) is 90.4 Å². The average molecular weight is 522 g/mol. The Balaban J connectivity index is 4.05. The number of rotatable bonds is 23. The van der Waals surface area contributed by atoms with Gasteiger partial charge in [-0.15, -0.1) is 12.3 Å². The molecule has 0 aromatic carbocycles. The lowest BCUT2D eigenvalue weighted by Gasteiger charge is -2.18. The van der Waals surface area contributed by atoms with Crippen molar-refractivity contribution in [2.24, 2.45) is 5.73 Å². The molecule has 0 saturated carbocycles. The average Bonchev–Trinajstić information content (AvgIpc) is 2.91. The minimum atomic E-state index is -0.523. The topological polar surface area (TPSA) is 84.2 Å². The van der Waals surface area contributed by atoms with Crippen LogP contribution in [0.2, 0.25) is 0 Å². The SMILES string of the molecule is C#CCCCNC(=O)[C@H](CCCCN)NC(=O)CC/C=C\C/C=C\C/C=C\C/C=C\C/C=C\C/C=C\CC. The first-order valence-electron chi connectivity index (χ1n) is 14.3. The summed E-state index contributed by atoms with van der Waals surface area (Å²) in [5.41, 5.74) is 5.56. The Kier molecular flexibility index (Phi) is 26.1. The summed E-state index contributed by atoms with van der Waals surface area (Å²) in [6.45, 7) is 3.24. The van der Waals surface area contributed by atoms with E-state index in [4.69, 9.17) is 12.2 Å². The van der Waals surface area contributed by atoms with Gasteiger partial charge in [-0.25, -0.2) is 0 Å². The minimum Gasteiger partial charge on any atom is -0.354 e. The third-order valence-electron chi connectivity index (χ3n) is 5.53. The first-order chi connectivity index (χ1) is 18.7. The number of nitrogens with one attached hydrogen (secondary N) is 2. The van der Waals surface area contributed by atoms with E-state index in [9.17, 15) is 9.59 Å². The van der Waals surface area contributed by atoms with Gasteiger partial charge in [0.1, 0.15) is 6.04 Å². The van der Waals surface area contributed by atoms with Gasteiger partial charge in [0.05, 0.1) is 0 Å². The van der Waals surface area contributed by atoms with Crippen LogP contribution in [0.3, 0.4) is 0 Å². The van der Waals surface area contributed by atoms with Gasteiger partial charge >= 0.3 is 0 Å². The fraction of sp³-hybridized carbons (Fsp3) is 0.515. The number of unbranched alkanes of at least 4 members (excludes halogenated alkanes) is 2. The second-order valence-electron chi connectivity index (χ2n) is 8.96. The molecule has 0 bridgehead atoms. The number of carbonyl (C=O) groups excluding carboxylic acids is 2. The van der Waals surface area contributed by atoms with Crippen LogP contribution in [0.5, 0.6) is 0 Å². The molecule has 0 rings (SSSR count). The summed E-state index contributed by atoms with van der Waals surface area (Å²) in [4.78, 5) is 24.8. The maximum absolute atomic E-state index is 12.4. The van der Waals surface area contributed by atoms with Gasteiger partial charge in [0.25, 0.3) is 0 Å². The Hall–Kier alpha value is -3.10. The number of terminal acetylenes is 1. The first-order valence-corrected chi connectivity index (χ1v) is 14.3. The van der Waals surface area contributed by atoms with E-state index in [-0.39, 0.29) is 11.8 Å². The third kappa shape index (κ3) is 24.6. The van der Waals surface area contributed by atoms with Gasteiger partial charge in [-0.3, -0.25) is 9.59 Å². The molecule has 0 aromatic rings. The molecule has 0 aliphatic carbocycles. The number of hydrogen-bond acceptors (Lipinski definition) is 3. The van der Waals surface area contributed by atoms with Crippen LogP contribution in [0, 0.1) is 12.3 Å². The summed E-state index contributed by atoms with van der Waals surface area (Å²) in [5, 5.41) is 5.74. The Bertz CT molecular complexity index is 813. The van der Waals surface area contributed by atoms with Crippen LogP contribution in [0.25, 0.3) is 0 Å². The predicted octanol–water partition coefficient (Wildman–Crippen LogP) is 6.61. The van der Waals surface area contributed by atoms with E-state index in [0.717, 1.165) is 57.8 Å². The molecule has 2 amide bonds. The molecule has 5 heteroatoms. The number of amides is 2. The van der Waals surface area contributed by atoms with Crippen LogP contribution in [-0.4, -0.2) is 30.9 Å². The quantitative estimate of drug-likeness (QED) is 0.0804. The molecule has 38 heavy (non-hydrogen) atoms. The largest absolute Gasteiger partial charge is 0.354 e. The summed E-state index contributed by atoms with van der Waals surface area (Å²) >= 11 is 0. The molecular formula is C33H51N3O2. The van der Waals surface area contributed by atoms with Crippen LogP contribution >= 0.6 is 0 Å². The molecule has 0 heterocycles. The Morgan fingerprint density at radius 1 is 0.789 bits per heavy atom. The van der Waals surface area contributed by atoms with Crippen LogP contribution < -0.4 is 16.4 Å². The highest BCUT2D eigenvalue weighted by Crippen LogP contribution is 2.03. The number of carbonyl (C=O) groups is 2. The molecule has 0 aliphatic rings. The van der Waals surface area contributed by atoms with Crippen molar-refractivity contribution in [1.82, 2.24) is 10.6 Å². The molecule has 0 saturated heterocycles. The van der Waals surface area contributed by atoms with E-state index in [0.29, 0.717) is 38.8 Å². The Labute approximate surface area is 232 Å². The lowest BCUT2D eigenvalue weighted by atomic mass is 10.1. The second kappa shape index (κ2) is 28.5. The molecule has 0 aliphatic heterocycles. The molecule has 0 aromatic heterocycles. The number of nitrogens with two attached hydrogens (primary N) is 1. The molecule has 0 spiro atoms. The third-order valence-corrected chi connectivity index (χ3v) is 5.53. The number of hydrogen-bond donors (Lipinski definition) is 3. The fourth-order valence-electron chi connectivity index (χ4n) is 3.41. The second-order valence-corrected chi connectivity index (χ2v) is 8.96. The maximum atomic E-state index is 12.4. The van der Waals surface area contributed by atoms with Gasteiger partial charge in [-0.05, 0) is 77.2 Å². The highest BCUT2D eigenvalue weighted by atomic mass is 16.2. The van der Waals surface area contributed by atoms with E-state index >= 15 is 0 Å². The van der Waals surface area contributed by atoms with Crippen molar-refractivity contribution in [2.75, 3.05) is 13.1 Å². The van der Waals surface area contributed by atoms with E-state index in [1.165, 1.54) is 0 Å². The molecule has 0 fully saturated rings. The van der Waals surface area contributed by atoms with Crippen LogP contribution in [0.15, 0.2) is 72.9 Å². The van der Waals surface area contributed by atoms with E-state index in [2.05, 4.69) is 90.3 Å². The molecule has 0 radical (unpaired) electrons. The predicted molar refractivity (Wildman–Crippen MR) is 163 cm³/mol. The van der Waals surface area contributed by atoms with Gasteiger partial charge in [0, 0.05) is 19.4 Å². The number of allylic oxidation sites excluding steroid dienone is 12. The molecule has 5 nitrogen and oxygen atoms in total. The summed E-state index contributed by atoms with van der Waals surface area (Å²) in [6.07, 6.45) is 41.6. The summed E-state index contributed by atoms with van der Waals surface area (Å²) in [5.74, 6) is 2.30. The standard InChI is InChI=1S/C33H51N3O2/c1-3-5-7-8-9-10-11-12-13-14-15-16-17-18-19-20-21-22-23-28-32(37)36-31(27-24-25-29-34)33(38)35-30-26-6-4-2/h2,5,7,9-10,12-13,15-16,18-19,21-22,31H,3,6,8,11,14,17,20,23-30,34H2,1H3,(H,35,38)(H,36,37)/b7-5-,10-9-,13-12-,16-15-,19-18-,22-21-/t31-/m0/s1. The molecule has 1 atom stereocenters. The van der Waals surface area contributed by atoms with Crippen LogP contribution in [-0.2, 0) is 9.59 Å². The Morgan fingerprint density at radius 2 is 1.32 bits per heavy atom. The highest BCUT2D eigenvalue weighted by Gasteiger charge is 2.19. The van der Waals surface area contributed by atoms with Gasteiger partial charge < -0.3 is 16.4 Å². The first kappa shape index (κ1) is 34.9. The van der Waals surface area contributed by atoms with Crippen molar-refractivity contribution in [3.8, 4) is 12.3 Å². The molecule has 4 N–H and O–H groups in total. The van der Waals surface area contributed by atoms with Crippen LogP contribution in [0.4, 0.5) is 0 Å². The lowest BCUT2D eigenvalue weighted by Crippen LogP contribution is -2.47. The zero-order valence-corrected chi connectivity index (χ0v) is 23.6. The Morgan fingerprint density at radius 3 is 1.82 bits per heavy atom. The van der Waals surface area contributed by atoms with Crippen molar-refractivity contribution >= 4 is 11.8 Å². The van der Waals surface area contributed by atoms with Gasteiger partial charge in [0.15, 0.2) is 0 Å². The smallest absolute Gasteiger partial charge is 0.242 e. The van der Waals surface area contributed by atoms with Crippen molar-refractivity contribution in [2.45, 2.75) is 96.4 Å². The van der Waals surface area contributed by atoms with E-state index < -0.39 is 6.04 Å². The maximum Gasteiger partial charge on any atom is 0.242 e. The van der Waals surface area contributed by atoms with E-state index in [1.54, 1.807) is 0 Å². The summed E-state index contributed by atoms with van der Waals surface area (Å²) in [7, 11) is 0. The van der Waals surface area contributed by atoms with Crippen molar-refractivity contribution < 1.29 is 9.59 Å². The zero-order chi connectivity index (χ0) is 27.9. The van der Waals surface area contributed by atoms with E-state index in [1.807, 2.05) is 6.08 Å². The van der Waals surface area contributed by atoms with Crippen molar-refractivity contribution in [1.29, 1.82) is 0 Å². The zero-order valence-electron chi connectivity index (χ0n) is 23.6. The lowest BCUT2D eigenvalue weighted by molar-refractivity contribution is -0.129. The van der Waals surface area contributed by atoms with Gasteiger partial charge in [0.2, 0.25) is 11.8 Å². The monoisotopic (exact) mass is 521 g/mol. The van der Waals surface area contributed by atoms with Crippen molar-refractivity contribution in [3.05, 3.63) is 72.9 Å². The molecular weight excluding hydrogens is 470 g/mol.